The molecular formula is C21H23NO3. The van der Waals surface area contributed by atoms with Gasteiger partial charge in [-0.15, -0.1) is 0 Å². The molecule has 0 saturated carbocycles. The Bertz CT molecular complexity index is 719. The Morgan fingerprint density at radius 2 is 1.52 bits per heavy atom. The summed E-state index contributed by atoms with van der Waals surface area (Å²) in [6.07, 6.45) is 1.31. The molecule has 25 heavy (non-hydrogen) atoms. The quantitative estimate of drug-likeness (QED) is 0.842. The molecule has 0 aromatic heterocycles. The van der Waals surface area contributed by atoms with Crippen molar-refractivity contribution < 1.29 is 14.3 Å². The summed E-state index contributed by atoms with van der Waals surface area (Å²) in [7, 11) is 0. The Balaban J connectivity index is 1.62. The summed E-state index contributed by atoms with van der Waals surface area (Å²) < 4.78 is 5.55. The number of carbonyl (C=O) groups is 2. The number of hydrogen-bond donors (Lipinski definition) is 0. The van der Waals surface area contributed by atoms with Crippen LogP contribution < -0.4 is 4.74 Å². The summed E-state index contributed by atoms with van der Waals surface area (Å²) in [4.78, 5) is 26.6. The number of hydrogen-bond acceptors (Lipinski definition) is 3. The summed E-state index contributed by atoms with van der Waals surface area (Å²) in [6, 6.07) is 19.2. The number of nitrogens with zero attached hydrogens (tertiary/aromatic N) is 1. The maximum atomic E-state index is 12.4. The van der Waals surface area contributed by atoms with Crippen molar-refractivity contribution in [3.8, 4) is 5.75 Å². The van der Waals surface area contributed by atoms with Gasteiger partial charge in [0.1, 0.15) is 11.5 Å². The molecule has 1 aliphatic heterocycles. The Labute approximate surface area is 148 Å². The SMILES string of the molecule is CC(=O)C1(c2ccccc2)CCN(C(=O)COc2ccccc2)CC1. The average Bonchev–Trinajstić information content (AvgIpc) is 2.67. The molecule has 0 N–H and O–H groups in total. The van der Waals surface area contributed by atoms with Crippen LogP contribution >= 0.6 is 0 Å². The first-order valence-corrected chi connectivity index (χ1v) is 8.64. The number of amides is 1. The Morgan fingerprint density at radius 1 is 0.960 bits per heavy atom. The van der Waals surface area contributed by atoms with Gasteiger partial charge in [0.2, 0.25) is 0 Å². The van der Waals surface area contributed by atoms with Gasteiger partial charge in [-0.05, 0) is 37.5 Å². The van der Waals surface area contributed by atoms with E-state index in [-0.39, 0.29) is 18.3 Å². The van der Waals surface area contributed by atoms with Gasteiger partial charge in [0.05, 0.1) is 5.41 Å². The Morgan fingerprint density at radius 3 is 2.08 bits per heavy atom. The minimum absolute atomic E-state index is 0.0302. The molecule has 4 heteroatoms. The first kappa shape index (κ1) is 17.2. The molecule has 1 fully saturated rings. The van der Waals surface area contributed by atoms with Crippen LogP contribution in [0.15, 0.2) is 60.7 Å². The van der Waals surface area contributed by atoms with Crippen molar-refractivity contribution in [3.63, 3.8) is 0 Å². The average molecular weight is 337 g/mol. The largest absolute Gasteiger partial charge is 0.484 e. The number of likely N-dealkylation sites (tertiary alicyclic amines) is 1. The molecule has 2 aromatic rings. The molecule has 1 aliphatic rings. The van der Waals surface area contributed by atoms with Crippen LogP contribution in [0.25, 0.3) is 0 Å². The topological polar surface area (TPSA) is 46.6 Å². The van der Waals surface area contributed by atoms with Gasteiger partial charge in [-0.1, -0.05) is 48.5 Å². The molecule has 0 unspecified atom stereocenters. The van der Waals surface area contributed by atoms with Gasteiger partial charge < -0.3 is 9.64 Å². The van der Waals surface area contributed by atoms with Gasteiger partial charge in [0, 0.05) is 13.1 Å². The molecule has 2 aromatic carbocycles. The number of ether oxygens (including phenoxy) is 1. The second-order valence-corrected chi connectivity index (χ2v) is 6.49. The van der Waals surface area contributed by atoms with Crippen molar-refractivity contribution in [2.45, 2.75) is 25.2 Å². The molecule has 0 radical (unpaired) electrons. The van der Waals surface area contributed by atoms with E-state index in [9.17, 15) is 9.59 Å². The van der Waals surface area contributed by atoms with Crippen molar-refractivity contribution in [3.05, 3.63) is 66.2 Å². The van der Waals surface area contributed by atoms with Crippen LogP contribution in [0, 0.1) is 0 Å². The van der Waals surface area contributed by atoms with E-state index >= 15 is 0 Å². The number of rotatable bonds is 5. The van der Waals surface area contributed by atoms with Gasteiger partial charge in [-0.2, -0.15) is 0 Å². The maximum Gasteiger partial charge on any atom is 0.260 e. The third-order valence-electron chi connectivity index (χ3n) is 5.08. The standard InChI is InChI=1S/C21H23NO3/c1-17(23)21(18-8-4-2-5-9-18)12-14-22(15-13-21)20(24)16-25-19-10-6-3-7-11-19/h2-11H,12-16H2,1H3. The van der Waals surface area contributed by atoms with Crippen LogP contribution in [0.5, 0.6) is 5.75 Å². The van der Waals surface area contributed by atoms with E-state index in [1.54, 1.807) is 11.8 Å². The van der Waals surface area contributed by atoms with E-state index in [1.165, 1.54) is 0 Å². The van der Waals surface area contributed by atoms with Gasteiger partial charge in [-0.25, -0.2) is 0 Å². The molecule has 3 rings (SSSR count). The van der Waals surface area contributed by atoms with Gasteiger partial charge >= 0.3 is 0 Å². The van der Waals surface area contributed by atoms with Crippen LogP contribution in [0.1, 0.15) is 25.3 Å². The maximum absolute atomic E-state index is 12.4. The smallest absolute Gasteiger partial charge is 0.260 e. The number of benzene rings is 2. The molecule has 0 spiro atoms. The predicted octanol–water partition coefficient (Wildman–Crippen LogP) is 3.21. The lowest BCUT2D eigenvalue weighted by Gasteiger charge is -2.40. The Kier molecular flexibility index (Phi) is 5.17. The second kappa shape index (κ2) is 7.51. The number of para-hydroxylation sites is 1. The Hall–Kier alpha value is -2.62. The molecular weight excluding hydrogens is 314 g/mol. The zero-order chi connectivity index (χ0) is 17.7. The molecule has 1 amide bonds. The fraction of sp³-hybridized carbons (Fsp3) is 0.333. The first-order chi connectivity index (χ1) is 12.1. The fourth-order valence-corrected chi connectivity index (χ4v) is 3.49. The van der Waals surface area contributed by atoms with Crippen LogP contribution in [-0.2, 0) is 15.0 Å². The van der Waals surface area contributed by atoms with Crippen molar-refractivity contribution >= 4 is 11.7 Å². The highest BCUT2D eigenvalue weighted by Crippen LogP contribution is 2.36. The lowest BCUT2D eigenvalue weighted by molar-refractivity contribution is -0.137. The van der Waals surface area contributed by atoms with Gasteiger partial charge in [0.15, 0.2) is 6.61 Å². The molecule has 0 atom stereocenters. The molecule has 130 valence electrons. The van der Waals surface area contributed by atoms with Crippen molar-refractivity contribution in [1.82, 2.24) is 4.90 Å². The molecule has 4 nitrogen and oxygen atoms in total. The summed E-state index contributed by atoms with van der Waals surface area (Å²) in [5.74, 6) is 0.829. The summed E-state index contributed by atoms with van der Waals surface area (Å²) in [5, 5.41) is 0. The van der Waals surface area contributed by atoms with Crippen molar-refractivity contribution in [2.24, 2.45) is 0 Å². The zero-order valence-electron chi connectivity index (χ0n) is 14.5. The van der Waals surface area contributed by atoms with Gasteiger partial charge in [-0.3, -0.25) is 9.59 Å². The van der Waals surface area contributed by atoms with E-state index in [1.807, 2.05) is 60.7 Å². The van der Waals surface area contributed by atoms with Crippen molar-refractivity contribution in [1.29, 1.82) is 0 Å². The minimum Gasteiger partial charge on any atom is -0.484 e. The number of Topliss-reactive ketones (excluding diaryl/α,β-unsaturated/α-hetero) is 1. The molecule has 0 bridgehead atoms. The summed E-state index contributed by atoms with van der Waals surface area (Å²) in [5.41, 5.74) is 0.577. The lowest BCUT2D eigenvalue weighted by atomic mass is 9.70. The predicted molar refractivity (Wildman–Crippen MR) is 96.6 cm³/mol. The highest BCUT2D eigenvalue weighted by Gasteiger charge is 2.41. The fourth-order valence-electron chi connectivity index (χ4n) is 3.49. The van der Waals surface area contributed by atoms with Crippen LogP contribution in [-0.4, -0.2) is 36.3 Å². The van der Waals surface area contributed by atoms with E-state index in [0.717, 1.165) is 5.56 Å². The normalized spacial score (nSPS) is 16.3. The highest BCUT2D eigenvalue weighted by molar-refractivity contribution is 5.88. The van der Waals surface area contributed by atoms with E-state index in [0.29, 0.717) is 31.7 Å². The lowest BCUT2D eigenvalue weighted by Crippen LogP contribution is -2.49. The molecule has 1 saturated heterocycles. The minimum atomic E-state index is -0.474. The number of ketones is 1. The third kappa shape index (κ3) is 3.73. The van der Waals surface area contributed by atoms with Gasteiger partial charge in [0.25, 0.3) is 5.91 Å². The van der Waals surface area contributed by atoms with E-state index in [4.69, 9.17) is 4.74 Å². The highest BCUT2D eigenvalue weighted by atomic mass is 16.5. The second-order valence-electron chi connectivity index (χ2n) is 6.49. The summed E-state index contributed by atoms with van der Waals surface area (Å²) in [6.45, 7) is 2.84. The van der Waals surface area contributed by atoms with Crippen LogP contribution in [0.2, 0.25) is 0 Å². The van der Waals surface area contributed by atoms with E-state index < -0.39 is 5.41 Å². The monoisotopic (exact) mass is 337 g/mol. The molecule has 0 aliphatic carbocycles. The zero-order valence-corrected chi connectivity index (χ0v) is 14.5. The number of piperidine rings is 1. The molecule has 1 heterocycles. The summed E-state index contributed by atoms with van der Waals surface area (Å²) >= 11 is 0. The van der Waals surface area contributed by atoms with Crippen LogP contribution in [0.4, 0.5) is 0 Å². The number of carbonyl (C=O) groups excluding carboxylic acids is 2. The van der Waals surface area contributed by atoms with Crippen molar-refractivity contribution in [2.75, 3.05) is 19.7 Å². The third-order valence-corrected chi connectivity index (χ3v) is 5.08. The van der Waals surface area contributed by atoms with Crippen LogP contribution in [0.3, 0.4) is 0 Å². The first-order valence-electron chi connectivity index (χ1n) is 8.64. The van der Waals surface area contributed by atoms with E-state index in [2.05, 4.69) is 0 Å².